The van der Waals surface area contributed by atoms with E-state index in [2.05, 4.69) is 11.0 Å². The molecule has 0 unspecified atom stereocenters. The topological polar surface area (TPSA) is 29.1 Å². The highest BCUT2D eigenvalue weighted by Crippen LogP contribution is 2.03. The van der Waals surface area contributed by atoms with Crippen molar-refractivity contribution in [2.75, 3.05) is 0 Å². The third-order valence-electron chi connectivity index (χ3n) is 1.22. The molecule has 0 bridgehead atoms. The van der Waals surface area contributed by atoms with Crippen molar-refractivity contribution < 1.29 is 4.79 Å². The molecule has 0 radical (unpaired) electrons. The summed E-state index contributed by atoms with van der Waals surface area (Å²) < 4.78 is 0. The minimum atomic E-state index is -0.302. The SMILES string of the molecule is CC(=O)NC(C)(C)C=C=C(C)C. The van der Waals surface area contributed by atoms with E-state index in [9.17, 15) is 4.79 Å². The van der Waals surface area contributed by atoms with Gasteiger partial charge in [0.15, 0.2) is 0 Å². The van der Waals surface area contributed by atoms with Crippen LogP contribution < -0.4 is 5.32 Å². The quantitative estimate of drug-likeness (QED) is 0.626. The van der Waals surface area contributed by atoms with Crippen LogP contribution in [0.25, 0.3) is 0 Å². The molecule has 0 aliphatic rings. The number of hydrogen-bond acceptors (Lipinski definition) is 1. The molecule has 0 aliphatic heterocycles. The molecule has 0 aliphatic carbocycles. The van der Waals surface area contributed by atoms with E-state index in [1.165, 1.54) is 6.92 Å². The highest BCUT2D eigenvalue weighted by molar-refractivity contribution is 5.74. The molecule has 2 nitrogen and oxygen atoms in total. The second kappa shape index (κ2) is 4.13. The summed E-state index contributed by atoms with van der Waals surface area (Å²) in [5.41, 5.74) is 3.87. The van der Waals surface area contributed by atoms with E-state index in [-0.39, 0.29) is 11.4 Å². The van der Waals surface area contributed by atoms with E-state index in [1.54, 1.807) is 0 Å². The summed E-state index contributed by atoms with van der Waals surface area (Å²) in [5.74, 6) is -0.0215. The molecule has 0 atom stereocenters. The van der Waals surface area contributed by atoms with Crippen LogP contribution in [0.4, 0.5) is 0 Å². The van der Waals surface area contributed by atoms with Gasteiger partial charge in [0.05, 0.1) is 5.54 Å². The lowest BCUT2D eigenvalue weighted by Gasteiger charge is -2.19. The molecule has 0 saturated heterocycles. The second-order valence-corrected chi connectivity index (χ2v) is 3.69. The van der Waals surface area contributed by atoms with Gasteiger partial charge < -0.3 is 5.32 Å². The van der Waals surface area contributed by atoms with E-state index >= 15 is 0 Å². The van der Waals surface area contributed by atoms with Crippen LogP contribution in [0.1, 0.15) is 34.6 Å². The van der Waals surface area contributed by atoms with E-state index < -0.39 is 0 Å². The summed E-state index contributed by atoms with van der Waals surface area (Å²) in [5, 5.41) is 2.80. The number of carbonyl (C=O) groups is 1. The first kappa shape index (κ1) is 11.0. The maximum Gasteiger partial charge on any atom is 0.217 e. The zero-order valence-electron chi connectivity index (χ0n) is 8.49. The zero-order chi connectivity index (χ0) is 9.78. The predicted molar refractivity (Wildman–Crippen MR) is 50.8 cm³/mol. The Morgan fingerprint density at radius 2 is 1.83 bits per heavy atom. The molecule has 0 aromatic carbocycles. The maximum absolute atomic E-state index is 10.7. The van der Waals surface area contributed by atoms with Crippen molar-refractivity contribution >= 4 is 5.91 Å². The van der Waals surface area contributed by atoms with Gasteiger partial charge in [-0.25, -0.2) is 0 Å². The van der Waals surface area contributed by atoms with Crippen molar-refractivity contribution in [3.63, 3.8) is 0 Å². The van der Waals surface area contributed by atoms with Crippen LogP contribution in [-0.2, 0) is 4.79 Å². The molecule has 0 aromatic heterocycles. The fourth-order valence-corrected chi connectivity index (χ4v) is 0.815. The Hall–Kier alpha value is -1.01. The Bertz CT molecular complexity index is 228. The average Bonchev–Trinajstić information content (AvgIpc) is 1.81. The van der Waals surface area contributed by atoms with Gasteiger partial charge in [-0.15, -0.1) is 5.73 Å². The van der Waals surface area contributed by atoms with Gasteiger partial charge in [-0.3, -0.25) is 4.79 Å². The molecule has 0 rings (SSSR count). The lowest BCUT2D eigenvalue weighted by molar-refractivity contribution is -0.120. The number of hydrogen-bond donors (Lipinski definition) is 1. The number of carbonyl (C=O) groups excluding carboxylic acids is 1. The highest BCUT2D eigenvalue weighted by atomic mass is 16.1. The lowest BCUT2D eigenvalue weighted by Crippen LogP contribution is -2.40. The third-order valence-corrected chi connectivity index (χ3v) is 1.22. The van der Waals surface area contributed by atoms with Crippen LogP contribution in [0.15, 0.2) is 17.4 Å². The maximum atomic E-state index is 10.7. The monoisotopic (exact) mass is 167 g/mol. The van der Waals surface area contributed by atoms with Crippen molar-refractivity contribution in [1.29, 1.82) is 0 Å². The largest absolute Gasteiger partial charge is 0.347 e. The van der Waals surface area contributed by atoms with Crippen molar-refractivity contribution in [3.8, 4) is 0 Å². The normalized spacial score (nSPS) is 10.1. The standard InChI is InChI=1S/C10H17NO/c1-8(2)6-7-10(4,5)11-9(3)12/h7H,1-5H3,(H,11,12). The molecular weight excluding hydrogens is 150 g/mol. The van der Waals surface area contributed by atoms with E-state index in [0.29, 0.717) is 0 Å². The van der Waals surface area contributed by atoms with Crippen LogP contribution in [0.2, 0.25) is 0 Å². The predicted octanol–water partition coefficient (Wildman–Crippen LogP) is 2.02. The van der Waals surface area contributed by atoms with E-state index in [4.69, 9.17) is 0 Å². The van der Waals surface area contributed by atoms with Gasteiger partial charge in [0.2, 0.25) is 5.91 Å². The van der Waals surface area contributed by atoms with Gasteiger partial charge in [-0.1, -0.05) is 0 Å². The molecule has 1 amide bonds. The Kier molecular flexibility index (Phi) is 3.78. The number of nitrogens with one attached hydrogen (secondary N) is 1. The van der Waals surface area contributed by atoms with E-state index in [1.807, 2.05) is 33.8 Å². The smallest absolute Gasteiger partial charge is 0.217 e. The summed E-state index contributed by atoms with van der Waals surface area (Å²) in [7, 11) is 0. The van der Waals surface area contributed by atoms with E-state index in [0.717, 1.165) is 5.57 Å². The molecule has 2 heteroatoms. The first-order chi connectivity index (χ1) is 5.33. The molecule has 1 N–H and O–H groups in total. The van der Waals surface area contributed by atoms with Crippen molar-refractivity contribution in [3.05, 3.63) is 17.4 Å². The van der Waals surface area contributed by atoms with Gasteiger partial charge in [0.25, 0.3) is 0 Å². The summed E-state index contributed by atoms with van der Waals surface area (Å²) in [6, 6.07) is 0. The molecule has 0 aromatic rings. The second-order valence-electron chi connectivity index (χ2n) is 3.69. The summed E-state index contributed by atoms with van der Waals surface area (Å²) in [6.07, 6.45) is 1.86. The van der Waals surface area contributed by atoms with Crippen LogP contribution in [0.5, 0.6) is 0 Å². The van der Waals surface area contributed by atoms with Crippen LogP contribution in [0.3, 0.4) is 0 Å². The van der Waals surface area contributed by atoms with Gasteiger partial charge in [0, 0.05) is 6.92 Å². The van der Waals surface area contributed by atoms with Gasteiger partial charge in [-0.05, 0) is 39.3 Å². The van der Waals surface area contributed by atoms with Gasteiger partial charge >= 0.3 is 0 Å². The molecule has 0 fully saturated rings. The highest BCUT2D eigenvalue weighted by Gasteiger charge is 2.13. The van der Waals surface area contributed by atoms with Gasteiger partial charge in [-0.2, -0.15) is 0 Å². The lowest BCUT2D eigenvalue weighted by atomic mass is 10.1. The van der Waals surface area contributed by atoms with Crippen molar-refractivity contribution in [2.45, 2.75) is 40.2 Å². The fourth-order valence-electron chi connectivity index (χ4n) is 0.815. The summed E-state index contributed by atoms with van der Waals surface area (Å²) in [6.45, 7) is 9.33. The molecule has 12 heavy (non-hydrogen) atoms. The van der Waals surface area contributed by atoms with Gasteiger partial charge in [0.1, 0.15) is 0 Å². The minimum absolute atomic E-state index is 0.0215. The summed E-state index contributed by atoms with van der Waals surface area (Å²) >= 11 is 0. The average molecular weight is 167 g/mol. The first-order valence-electron chi connectivity index (χ1n) is 4.03. The van der Waals surface area contributed by atoms with Crippen LogP contribution >= 0.6 is 0 Å². The third kappa shape index (κ3) is 5.75. The molecular formula is C10H17NO. The Morgan fingerprint density at radius 3 is 2.17 bits per heavy atom. The number of amides is 1. The Labute approximate surface area is 74.4 Å². The number of rotatable bonds is 2. The Balaban J connectivity index is 4.42. The molecule has 0 spiro atoms. The first-order valence-corrected chi connectivity index (χ1v) is 4.03. The Morgan fingerprint density at radius 1 is 1.33 bits per heavy atom. The van der Waals surface area contributed by atoms with Crippen LogP contribution in [-0.4, -0.2) is 11.4 Å². The van der Waals surface area contributed by atoms with Crippen molar-refractivity contribution in [2.24, 2.45) is 0 Å². The summed E-state index contributed by atoms with van der Waals surface area (Å²) in [4.78, 5) is 10.7. The fraction of sp³-hybridized carbons (Fsp3) is 0.600. The van der Waals surface area contributed by atoms with Crippen molar-refractivity contribution in [1.82, 2.24) is 5.32 Å². The zero-order valence-corrected chi connectivity index (χ0v) is 8.49. The molecule has 0 saturated carbocycles. The molecule has 0 heterocycles. The molecule has 68 valence electrons. The minimum Gasteiger partial charge on any atom is -0.347 e. The van der Waals surface area contributed by atoms with Crippen LogP contribution in [0, 0.1) is 0 Å².